The smallest absolute Gasteiger partial charge is 0.193 e. The van der Waals surface area contributed by atoms with E-state index in [4.69, 9.17) is 0 Å². The Morgan fingerprint density at radius 2 is 1.33 bits per heavy atom. The lowest BCUT2D eigenvalue weighted by molar-refractivity contribution is 0.103. The lowest BCUT2D eigenvalue weighted by atomic mass is 9.78. The molecular weight excluding hydrogens is 400 g/mol. The maximum atomic E-state index is 13.8. The molecule has 0 bridgehead atoms. The lowest BCUT2D eigenvalue weighted by Gasteiger charge is -2.25. The number of ketones is 1. The predicted molar refractivity (Wildman–Crippen MR) is 138 cm³/mol. The molecule has 0 spiro atoms. The van der Waals surface area contributed by atoms with E-state index in [1.165, 1.54) is 27.8 Å². The molecule has 1 aliphatic rings. The standard InChI is InChI=1S/C32H28O/c1-32(2,3)25-18-19-27(29(21-25)31(33)23-14-8-5-9-15-23)30-26-17-11-10-16-24(26)20-28(30)22-12-6-4-7-13-22/h4-21,30H,1-3H3. The zero-order valence-corrected chi connectivity index (χ0v) is 19.4. The maximum Gasteiger partial charge on any atom is 0.193 e. The maximum absolute atomic E-state index is 13.8. The van der Waals surface area contributed by atoms with Crippen LogP contribution in [0.1, 0.15) is 70.4 Å². The predicted octanol–water partition coefficient (Wildman–Crippen LogP) is 7.90. The summed E-state index contributed by atoms with van der Waals surface area (Å²) in [6.45, 7) is 6.58. The fourth-order valence-corrected chi connectivity index (χ4v) is 4.76. The van der Waals surface area contributed by atoms with Gasteiger partial charge in [0.15, 0.2) is 5.78 Å². The highest BCUT2D eigenvalue weighted by atomic mass is 16.1. The number of allylic oxidation sites excluding steroid dienone is 1. The summed E-state index contributed by atoms with van der Waals surface area (Å²) in [5, 5.41) is 0. The van der Waals surface area contributed by atoms with Crippen molar-refractivity contribution < 1.29 is 4.79 Å². The van der Waals surface area contributed by atoms with Crippen molar-refractivity contribution in [3.63, 3.8) is 0 Å². The third-order valence-corrected chi connectivity index (χ3v) is 6.55. The van der Waals surface area contributed by atoms with Gasteiger partial charge in [-0.25, -0.2) is 0 Å². The lowest BCUT2D eigenvalue weighted by Crippen LogP contribution is -2.16. The van der Waals surface area contributed by atoms with E-state index in [1.807, 2.05) is 36.4 Å². The average Bonchev–Trinajstić information content (AvgIpc) is 3.23. The Morgan fingerprint density at radius 1 is 0.697 bits per heavy atom. The van der Waals surface area contributed by atoms with Gasteiger partial charge in [0.1, 0.15) is 0 Å². The second-order valence-corrected chi connectivity index (χ2v) is 9.77. The summed E-state index contributed by atoms with van der Waals surface area (Å²) in [4.78, 5) is 13.8. The topological polar surface area (TPSA) is 17.1 Å². The van der Waals surface area contributed by atoms with Crippen LogP contribution < -0.4 is 0 Å². The van der Waals surface area contributed by atoms with Crippen LogP contribution in [0.4, 0.5) is 0 Å². The molecule has 0 aliphatic heterocycles. The molecule has 1 nitrogen and oxygen atoms in total. The van der Waals surface area contributed by atoms with E-state index < -0.39 is 0 Å². The fraction of sp³-hybridized carbons (Fsp3) is 0.156. The van der Waals surface area contributed by atoms with Gasteiger partial charge in [-0.05, 0) is 50.9 Å². The van der Waals surface area contributed by atoms with Crippen molar-refractivity contribution >= 4 is 17.4 Å². The first-order valence-corrected chi connectivity index (χ1v) is 11.5. The summed E-state index contributed by atoms with van der Waals surface area (Å²) >= 11 is 0. The summed E-state index contributed by atoms with van der Waals surface area (Å²) in [6.07, 6.45) is 2.28. The Morgan fingerprint density at radius 3 is 2.03 bits per heavy atom. The second-order valence-electron chi connectivity index (χ2n) is 9.77. The monoisotopic (exact) mass is 428 g/mol. The highest BCUT2D eigenvalue weighted by Gasteiger charge is 2.31. The molecule has 5 rings (SSSR count). The molecule has 1 heteroatoms. The van der Waals surface area contributed by atoms with Gasteiger partial charge in [-0.3, -0.25) is 4.79 Å². The van der Waals surface area contributed by atoms with E-state index in [-0.39, 0.29) is 17.1 Å². The van der Waals surface area contributed by atoms with Crippen molar-refractivity contribution in [3.05, 3.63) is 142 Å². The summed E-state index contributed by atoms with van der Waals surface area (Å²) in [5.41, 5.74) is 8.61. The van der Waals surface area contributed by atoms with Crippen molar-refractivity contribution in [1.29, 1.82) is 0 Å². The number of carbonyl (C=O) groups excluding carboxylic acids is 1. The van der Waals surface area contributed by atoms with Crippen molar-refractivity contribution in [2.75, 3.05) is 0 Å². The molecular formula is C32H28O. The van der Waals surface area contributed by atoms with Crippen LogP contribution in [0.5, 0.6) is 0 Å². The van der Waals surface area contributed by atoms with Gasteiger partial charge in [-0.1, -0.05) is 118 Å². The van der Waals surface area contributed by atoms with Crippen molar-refractivity contribution in [1.82, 2.24) is 0 Å². The quantitative estimate of drug-likeness (QED) is 0.302. The van der Waals surface area contributed by atoms with Crippen LogP contribution in [0, 0.1) is 0 Å². The van der Waals surface area contributed by atoms with Crippen LogP contribution in [0.25, 0.3) is 11.6 Å². The molecule has 0 aromatic heterocycles. The Kier molecular flexibility index (Phi) is 5.34. The van der Waals surface area contributed by atoms with E-state index in [9.17, 15) is 4.79 Å². The van der Waals surface area contributed by atoms with Gasteiger partial charge in [0.2, 0.25) is 0 Å². The number of rotatable bonds is 4. The summed E-state index contributed by atoms with van der Waals surface area (Å²) < 4.78 is 0. The van der Waals surface area contributed by atoms with Crippen LogP contribution in [0.3, 0.4) is 0 Å². The van der Waals surface area contributed by atoms with Gasteiger partial charge in [0.25, 0.3) is 0 Å². The Balaban J connectivity index is 1.74. The van der Waals surface area contributed by atoms with E-state index in [0.717, 1.165) is 16.7 Å². The second kappa shape index (κ2) is 8.33. The first-order chi connectivity index (χ1) is 15.9. The van der Waals surface area contributed by atoms with Gasteiger partial charge >= 0.3 is 0 Å². The molecule has 0 fully saturated rings. The van der Waals surface area contributed by atoms with Gasteiger partial charge in [0.05, 0.1) is 0 Å². The van der Waals surface area contributed by atoms with Crippen LogP contribution in [-0.2, 0) is 5.41 Å². The summed E-state index contributed by atoms with van der Waals surface area (Å²) in [6, 6.07) is 35.2. The molecule has 1 atom stereocenters. The SMILES string of the molecule is CC(C)(C)c1ccc(C2C(c3ccccc3)=Cc3ccccc32)c(C(=O)c2ccccc2)c1. The molecule has 1 aliphatic carbocycles. The molecule has 162 valence electrons. The van der Waals surface area contributed by atoms with Gasteiger partial charge < -0.3 is 0 Å². The minimum Gasteiger partial charge on any atom is -0.289 e. The zero-order valence-electron chi connectivity index (χ0n) is 19.4. The van der Waals surface area contributed by atoms with Crippen LogP contribution >= 0.6 is 0 Å². The molecule has 4 aromatic carbocycles. The number of benzene rings is 4. The summed E-state index contributed by atoms with van der Waals surface area (Å²) in [7, 11) is 0. The van der Waals surface area contributed by atoms with Crippen LogP contribution in [0.2, 0.25) is 0 Å². The minimum absolute atomic E-state index is 0.0141. The molecule has 33 heavy (non-hydrogen) atoms. The molecule has 4 aromatic rings. The third-order valence-electron chi connectivity index (χ3n) is 6.55. The molecule has 1 unspecified atom stereocenters. The van der Waals surface area contributed by atoms with Gasteiger partial charge in [-0.15, -0.1) is 0 Å². The van der Waals surface area contributed by atoms with Gasteiger partial charge in [-0.2, -0.15) is 0 Å². The number of hydrogen-bond acceptors (Lipinski definition) is 1. The van der Waals surface area contributed by atoms with Crippen molar-refractivity contribution in [2.45, 2.75) is 32.1 Å². The van der Waals surface area contributed by atoms with E-state index in [2.05, 4.69) is 93.6 Å². The fourth-order valence-electron chi connectivity index (χ4n) is 4.76. The number of fused-ring (bicyclic) bond motifs is 1. The highest BCUT2D eigenvalue weighted by molar-refractivity contribution is 6.11. The zero-order chi connectivity index (χ0) is 23.0. The van der Waals surface area contributed by atoms with Crippen molar-refractivity contribution in [3.8, 4) is 0 Å². The van der Waals surface area contributed by atoms with Crippen molar-refractivity contribution in [2.24, 2.45) is 0 Å². The Labute approximate surface area is 196 Å². The van der Waals surface area contributed by atoms with Gasteiger partial charge in [0, 0.05) is 17.0 Å². The number of carbonyl (C=O) groups is 1. The largest absolute Gasteiger partial charge is 0.289 e. The normalized spacial score (nSPS) is 15.1. The molecule has 0 heterocycles. The molecule has 0 N–H and O–H groups in total. The molecule has 0 radical (unpaired) electrons. The van der Waals surface area contributed by atoms with Crippen LogP contribution in [0.15, 0.2) is 103 Å². The first kappa shape index (κ1) is 21.2. The van der Waals surface area contributed by atoms with Crippen LogP contribution in [-0.4, -0.2) is 5.78 Å². The first-order valence-electron chi connectivity index (χ1n) is 11.5. The molecule has 0 saturated heterocycles. The van der Waals surface area contributed by atoms with E-state index in [0.29, 0.717) is 0 Å². The molecule has 0 saturated carbocycles. The number of hydrogen-bond donors (Lipinski definition) is 0. The Bertz CT molecular complexity index is 1340. The molecule has 0 amide bonds. The average molecular weight is 429 g/mol. The minimum atomic E-state index is -0.0457. The van der Waals surface area contributed by atoms with E-state index >= 15 is 0 Å². The third kappa shape index (κ3) is 3.96. The van der Waals surface area contributed by atoms with E-state index in [1.54, 1.807) is 0 Å². The summed E-state index contributed by atoms with van der Waals surface area (Å²) in [5.74, 6) is 0.0915. The highest BCUT2D eigenvalue weighted by Crippen LogP contribution is 2.47. The Hall–Kier alpha value is -3.71.